The molecule has 0 radical (unpaired) electrons. The highest BCUT2D eigenvalue weighted by Gasteiger charge is 2.28. The molecule has 0 saturated heterocycles. The van der Waals surface area contributed by atoms with Gasteiger partial charge in [0.05, 0.1) is 35.6 Å². The third-order valence-electron chi connectivity index (χ3n) is 4.95. The van der Waals surface area contributed by atoms with Gasteiger partial charge in [-0.2, -0.15) is 5.10 Å². The first-order chi connectivity index (χ1) is 13.1. The van der Waals surface area contributed by atoms with Crippen LogP contribution >= 0.6 is 11.6 Å². The molecule has 0 unspecified atom stereocenters. The molecule has 0 saturated carbocycles. The summed E-state index contributed by atoms with van der Waals surface area (Å²) in [5, 5.41) is 5.02. The van der Waals surface area contributed by atoms with E-state index in [1.807, 2.05) is 29.9 Å². The summed E-state index contributed by atoms with van der Waals surface area (Å²) in [6.45, 7) is 1.10. The van der Waals surface area contributed by atoms with Gasteiger partial charge in [0.2, 0.25) is 0 Å². The fourth-order valence-corrected chi connectivity index (χ4v) is 3.94. The number of fused-ring (bicyclic) bond motifs is 1. The van der Waals surface area contributed by atoms with E-state index in [-0.39, 0.29) is 5.91 Å². The minimum Gasteiger partial charge on any atom is -0.495 e. The average Bonchev–Trinajstić information content (AvgIpc) is 3.03. The maximum Gasteiger partial charge on any atom is 0.255 e. The number of benzene rings is 2. The highest BCUT2D eigenvalue weighted by Crippen LogP contribution is 2.32. The van der Waals surface area contributed by atoms with E-state index in [9.17, 15) is 4.79 Å². The zero-order valence-electron chi connectivity index (χ0n) is 15.3. The van der Waals surface area contributed by atoms with E-state index in [0.717, 1.165) is 23.4 Å². The van der Waals surface area contributed by atoms with Crippen LogP contribution in [0, 0.1) is 0 Å². The van der Waals surface area contributed by atoms with Gasteiger partial charge in [0.1, 0.15) is 5.75 Å². The third kappa shape index (κ3) is 3.08. The second kappa shape index (κ2) is 7.08. The number of ether oxygens (including phenoxy) is 1. The molecule has 2 heterocycles. The van der Waals surface area contributed by atoms with Gasteiger partial charge in [-0.3, -0.25) is 9.48 Å². The maximum absolute atomic E-state index is 13.0. The number of methoxy groups -OCH3 is 1. The molecule has 6 heteroatoms. The predicted molar refractivity (Wildman–Crippen MR) is 105 cm³/mol. The van der Waals surface area contributed by atoms with E-state index in [2.05, 4.69) is 17.2 Å². The van der Waals surface area contributed by atoms with Gasteiger partial charge in [0.25, 0.3) is 5.91 Å². The van der Waals surface area contributed by atoms with E-state index >= 15 is 0 Å². The Morgan fingerprint density at radius 3 is 2.67 bits per heavy atom. The summed E-state index contributed by atoms with van der Waals surface area (Å²) < 4.78 is 7.14. The largest absolute Gasteiger partial charge is 0.495 e. The molecular weight excluding hydrogens is 362 g/mol. The molecule has 2 aromatic carbocycles. The SMILES string of the molecule is COc1cccc(C(=O)N2CCc3c(nn(C)c3-c3ccccc3)C2)c1Cl. The summed E-state index contributed by atoms with van der Waals surface area (Å²) in [4.78, 5) is 14.8. The van der Waals surface area contributed by atoms with Gasteiger partial charge < -0.3 is 9.64 Å². The molecule has 138 valence electrons. The summed E-state index contributed by atoms with van der Waals surface area (Å²) in [7, 11) is 3.49. The molecule has 0 N–H and O–H groups in total. The van der Waals surface area contributed by atoms with Crippen molar-refractivity contribution in [2.45, 2.75) is 13.0 Å². The molecule has 1 aliphatic heterocycles. The summed E-state index contributed by atoms with van der Waals surface area (Å²) in [6.07, 6.45) is 0.765. The van der Waals surface area contributed by atoms with Crippen LogP contribution in [0.2, 0.25) is 5.02 Å². The number of aromatic nitrogens is 2. The molecule has 0 aliphatic carbocycles. The molecule has 3 aromatic rings. The quantitative estimate of drug-likeness (QED) is 0.690. The smallest absolute Gasteiger partial charge is 0.255 e. The zero-order chi connectivity index (χ0) is 19.0. The van der Waals surface area contributed by atoms with Crippen molar-refractivity contribution in [3.8, 4) is 17.0 Å². The van der Waals surface area contributed by atoms with Crippen LogP contribution in [0.5, 0.6) is 5.75 Å². The lowest BCUT2D eigenvalue weighted by Gasteiger charge is -2.27. The molecule has 1 aromatic heterocycles. The number of nitrogens with zero attached hydrogens (tertiary/aromatic N) is 3. The Morgan fingerprint density at radius 2 is 1.93 bits per heavy atom. The van der Waals surface area contributed by atoms with Gasteiger partial charge in [-0.15, -0.1) is 0 Å². The summed E-state index contributed by atoms with van der Waals surface area (Å²) in [6, 6.07) is 15.5. The van der Waals surface area contributed by atoms with Crippen molar-refractivity contribution in [1.29, 1.82) is 0 Å². The minimum atomic E-state index is -0.100. The standard InChI is InChI=1S/C21H20ClN3O2/c1-24-20(14-7-4-3-5-8-14)15-11-12-25(13-17(15)23-24)21(26)16-9-6-10-18(27-2)19(16)22/h3-10H,11-13H2,1-2H3. The Labute approximate surface area is 163 Å². The first-order valence-corrected chi connectivity index (χ1v) is 9.20. The van der Waals surface area contributed by atoms with Crippen LogP contribution in [0.3, 0.4) is 0 Å². The fourth-order valence-electron chi connectivity index (χ4n) is 3.65. The van der Waals surface area contributed by atoms with Crippen molar-refractivity contribution in [1.82, 2.24) is 14.7 Å². The zero-order valence-corrected chi connectivity index (χ0v) is 16.0. The second-order valence-corrected chi connectivity index (χ2v) is 6.94. The van der Waals surface area contributed by atoms with E-state index in [1.54, 1.807) is 30.2 Å². The van der Waals surface area contributed by atoms with Gasteiger partial charge in [0.15, 0.2) is 0 Å². The van der Waals surface area contributed by atoms with Gasteiger partial charge in [-0.25, -0.2) is 0 Å². The Bertz CT molecular complexity index is 998. The lowest BCUT2D eigenvalue weighted by Crippen LogP contribution is -2.36. The highest BCUT2D eigenvalue weighted by atomic mass is 35.5. The lowest BCUT2D eigenvalue weighted by atomic mass is 9.99. The van der Waals surface area contributed by atoms with Gasteiger partial charge in [0, 0.05) is 24.7 Å². The highest BCUT2D eigenvalue weighted by molar-refractivity contribution is 6.35. The van der Waals surface area contributed by atoms with Crippen molar-refractivity contribution in [3.05, 3.63) is 70.4 Å². The number of halogens is 1. The first kappa shape index (κ1) is 17.6. The molecule has 5 nitrogen and oxygen atoms in total. The molecule has 1 aliphatic rings. The maximum atomic E-state index is 13.0. The van der Waals surface area contributed by atoms with Gasteiger partial charge >= 0.3 is 0 Å². The number of carbonyl (C=O) groups is 1. The summed E-state index contributed by atoms with van der Waals surface area (Å²) in [5.41, 5.74) is 4.87. The van der Waals surface area contributed by atoms with Crippen LogP contribution in [-0.2, 0) is 20.0 Å². The Hall–Kier alpha value is -2.79. The van der Waals surface area contributed by atoms with Crippen LogP contribution in [0.15, 0.2) is 48.5 Å². The molecule has 0 atom stereocenters. The Kier molecular flexibility index (Phi) is 4.62. The molecule has 0 spiro atoms. The Morgan fingerprint density at radius 1 is 1.15 bits per heavy atom. The van der Waals surface area contributed by atoms with Crippen molar-refractivity contribution in [2.75, 3.05) is 13.7 Å². The normalized spacial score (nSPS) is 13.4. The van der Waals surface area contributed by atoms with E-state index in [1.165, 1.54) is 5.56 Å². The molecular formula is C21H20ClN3O2. The molecule has 4 rings (SSSR count). The van der Waals surface area contributed by atoms with E-state index < -0.39 is 0 Å². The average molecular weight is 382 g/mol. The van der Waals surface area contributed by atoms with Gasteiger partial charge in [-0.05, 0) is 18.6 Å². The summed E-state index contributed by atoms with van der Waals surface area (Å²) in [5.74, 6) is 0.404. The number of aryl methyl sites for hydroxylation is 1. The summed E-state index contributed by atoms with van der Waals surface area (Å²) >= 11 is 6.34. The molecule has 1 amide bonds. The number of rotatable bonds is 3. The van der Waals surface area contributed by atoms with Crippen molar-refractivity contribution in [2.24, 2.45) is 7.05 Å². The van der Waals surface area contributed by atoms with E-state index in [0.29, 0.717) is 29.4 Å². The van der Waals surface area contributed by atoms with Gasteiger partial charge in [-0.1, -0.05) is 48.0 Å². The number of hydrogen-bond acceptors (Lipinski definition) is 3. The number of carbonyl (C=O) groups excluding carboxylic acids is 1. The molecule has 0 fully saturated rings. The first-order valence-electron chi connectivity index (χ1n) is 8.82. The number of hydrogen-bond donors (Lipinski definition) is 0. The van der Waals surface area contributed by atoms with Crippen LogP contribution < -0.4 is 4.74 Å². The van der Waals surface area contributed by atoms with Crippen LogP contribution in [0.4, 0.5) is 0 Å². The number of amides is 1. The molecule has 0 bridgehead atoms. The Balaban J connectivity index is 1.64. The third-order valence-corrected chi connectivity index (χ3v) is 5.34. The van der Waals surface area contributed by atoms with Crippen LogP contribution in [0.1, 0.15) is 21.6 Å². The van der Waals surface area contributed by atoms with Crippen molar-refractivity contribution < 1.29 is 9.53 Å². The van der Waals surface area contributed by atoms with Crippen molar-refractivity contribution in [3.63, 3.8) is 0 Å². The van der Waals surface area contributed by atoms with E-state index in [4.69, 9.17) is 16.3 Å². The predicted octanol–water partition coefficient (Wildman–Crippen LogP) is 3.95. The topological polar surface area (TPSA) is 47.4 Å². The van der Waals surface area contributed by atoms with Crippen LogP contribution in [-0.4, -0.2) is 34.2 Å². The van der Waals surface area contributed by atoms with Crippen LogP contribution in [0.25, 0.3) is 11.3 Å². The van der Waals surface area contributed by atoms with Crippen molar-refractivity contribution >= 4 is 17.5 Å². The lowest BCUT2D eigenvalue weighted by molar-refractivity contribution is 0.0732. The fraction of sp³-hybridized carbons (Fsp3) is 0.238. The minimum absolute atomic E-state index is 0.100. The monoisotopic (exact) mass is 381 g/mol. The molecule has 27 heavy (non-hydrogen) atoms. The second-order valence-electron chi connectivity index (χ2n) is 6.56.